The highest BCUT2D eigenvalue weighted by atomic mass is 32.2. The molecule has 0 spiro atoms. The lowest BCUT2D eigenvalue weighted by molar-refractivity contribution is 0.0997. The van der Waals surface area contributed by atoms with E-state index in [2.05, 4.69) is 4.99 Å². The highest BCUT2D eigenvalue weighted by Gasteiger charge is 2.15. The number of nitrogens with zero attached hydrogens (tertiary/aromatic N) is 2. The van der Waals surface area contributed by atoms with E-state index in [-0.39, 0.29) is 22.0 Å². The molecule has 1 heterocycles. The van der Waals surface area contributed by atoms with Crippen LogP contribution in [-0.4, -0.2) is 36.7 Å². The Hall–Kier alpha value is -1.97. The van der Waals surface area contributed by atoms with Crippen molar-refractivity contribution in [3.05, 3.63) is 58.6 Å². The van der Waals surface area contributed by atoms with E-state index in [1.807, 2.05) is 10.8 Å². The average Bonchev–Trinajstić information content (AvgIpc) is 3.02. The molecule has 148 valence electrons. The van der Waals surface area contributed by atoms with Gasteiger partial charge >= 0.3 is 0 Å². The SMILES string of the molecule is CCS(=O)(=O)c1cccc(C(=O)N=c2sc3cc(F)ccc3n2CCSC)c1. The number of rotatable bonds is 6. The number of benzene rings is 2. The van der Waals surface area contributed by atoms with Crippen LogP contribution in [-0.2, 0) is 16.4 Å². The molecule has 0 saturated carbocycles. The van der Waals surface area contributed by atoms with Crippen LogP contribution in [0.25, 0.3) is 10.2 Å². The van der Waals surface area contributed by atoms with Gasteiger partial charge in [0.1, 0.15) is 5.82 Å². The minimum Gasteiger partial charge on any atom is -0.316 e. The molecule has 3 rings (SSSR count). The summed E-state index contributed by atoms with van der Waals surface area (Å²) in [6, 6.07) is 10.4. The first kappa shape index (κ1) is 20.8. The number of carbonyl (C=O) groups excluding carboxylic acids is 1. The molecule has 0 radical (unpaired) electrons. The smallest absolute Gasteiger partial charge is 0.279 e. The van der Waals surface area contributed by atoms with Gasteiger partial charge in [0.2, 0.25) is 0 Å². The van der Waals surface area contributed by atoms with Crippen LogP contribution in [0.2, 0.25) is 0 Å². The summed E-state index contributed by atoms with van der Waals surface area (Å²) in [5.74, 6) is -0.105. The molecule has 0 atom stereocenters. The summed E-state index contributed by atoms with van der Waals surface area (Å²) < 4.78 is 40.3. The lowest BCUT2D eigenvalue weighted by Crippen LogP contribution is -2.18. The molecule has 28 heavy (non-hydrogen) atoms. The minimum absolute atomic E-state index is 0.0433. The van der Waals surface area contributed by atoms with E-state index < -0.39 is 15.7 Å². The summed E-state index contributed by atoms with van der Waals surface area (Å²) in [7, 11) is -3.41. The van der Waals surface area contributed by atoms with Crippen molar-refractivity contribution in [1.82, 2.24) is 4.57 Å². The molecule has 1 aromatic heterocycles. The number of amides is 1. The Morgan fingerprint density at radius 1 is 1.25 bits per heavy atom. The molecule has 2 aromatic carbocycles. The van der Waals surface area contributed by atoms with Gasteiger partial charge in [0.05, 0.1) is 20.9 Å². The molecular formula is C19H19FN2O3S3. The predicted octanol–water partition coefficient (Wildman–Crippen LogP) is 3.74. The fourth-order valence-electron chi connectivity index (χ4n) is 2.67. The van der Waals surface area contributed by atoms with Crippen molar-refractivity contribution in [2.24, 2.45) is 4.99 Å². The largest absolute Gasteiger partial charge is 0.316 e. The number of hydrogen-bond acceptors (Lipinski definition) is 5. The van der Waals surface area contributed by atoms with Crippen molar-refractivity contribution < 1.29 is 17.6 Å². The van der Waals surface area contributed by atoms with Gasteiger partial charge in [0, 0.05) is 17.9 Å². The molecule has 1 amide bonds. The molecule has 0 bridgehead atoms. The summed E-state index contributed by atoms with van der Waals surface area (Å²) in [5, 5.41) is 0. The fourth-order valence-corrected chi connectivity index (χ4v) is 5.04. The van der Waals surface area contributed by atoms with Gasteiger partial charge in [0.15, 0.2) is 14.6 Å². The lowest BCUT2D eigenvalue weighted by atomic mass is 10.2. The maximum Gasteiger partial charge on any atom is 0.279 e. The van der Waals surface area contributed by atoms with Crippen LogP contribution >= 0.6 is 23.1 Å². The molecule has 3 aromatic rings. The first-order valence-corrected chi connectivity index (χ1v) is 12.4. The fraction of sp³-hybridized carbons (Fsp3) is 0.263. The highest BCUT2D eigenvalue weighted by Crippen LogP contribution is 2.19. The van der Waals surface area contributed by atoms with Crippen LogP contribution in [0.3, 0.4) is 0 Å². The zero-order valence-electron chi connectivity index (χ0n) is 15.4. The van der Waals surface area contributed by atoms with Gasteiger partial charge in [-0.15, -0.1) is 0 Å². The van der Waals surface area contributed by atoms with E-state index in [1.54, 1.807) is 30.8 Å². The molecule has 5 nitrogen and oxygen atoms in total. The molecule has 9 heteroatoms. The van der Waals surface area contributed by atoms with Gasteiger partial charge in [-0.1, -0.05) is 24.3 Å². The molecule has 0 unspecified atom stereocenters. The Morgan fingerprint density at radius 2 is 2.04 bits per heavy atom. The van der Waals surface area contributed by atoms with Crippen LogP contribution in [0.4, 0.5) is 4.39 Å². The maximum atomic E-state index is 13.6. The number of thiazole rings is 1. The third kappa shape index (κ3) is 4.37. The number of thioether (sulfide) groups is 1. The number of fused-ring (bicyclic) bond motifs is 1. The van der Waals surface area contributed by atoms with Crippen molar-refractivity contribution in [2.45, 2.75) is 18.4 Å². The van der Waals surface area contributed by atoms with Crippen molar-refractivity contribution in [3.63, 3.8) is 0 Å². The molecule has 0 aliphatic rings. The summed E-state index contributed by atoms with van der Waals surface area (Å²) in [5.41, 5.74) is 1.02. The second-order valence-electron chi connectivity index (χ2n) is 5.99. The first-order valence-electron chi connectivity index (χ1n) is 8.55. The normalized spacial score (nSPS) is 12.6. The third-order valence-corrected chi connectivity index (χ3v) is 7.55. The second-order valence-corrected chi connectivity index (χ2v) is 10.3. The molecule has 0 aliphatic heterocycles. The van der Waals surface area contributed by atoms with Gasteiger partial charge in [-0.3, -0.25) is 4.79 Å². The number of halogens is 1. The van der Waals surface area contributed by atoms with E-state index in [0.717, 1.165) is 11.3 Å². The van der Waals surface area contributed by atoms with Gasteiger partial charge in [-0.2, -0.15) is 16.8 Å². The number of carbonyl (C=O) groups is 1. The Balaban J connectivity index is 2.09. The quantitative estimate of drug-likeness (QED) is 0.588. The standard InChI is InChI=1S/C19H19FN2O3S3/c1-3-28(24,25)15-6-4-5-13(11-15)18(23)21-19-22(9-10-26-2)16-8-7-14(20)12-17(16)27-19/h4-8,11-12H,3,9-10H2,1-2H3. The van der Waals surface area contributed by atoms with Gasteiger partial charge < -0.3 is 4.57 Å². The zero-order valence-corrected chi connectivity index (χ0v) is 17.8. The number of aromatic nitrogens is 1. The maximum absolute atomic E-state index is 13.6. The Bertz CT molecular complexity index is 1200. The van der Waals surface area contributed by atoms with Crippen LogP contribution in [0.1, 0.15) is 17.3 Å². The lowest BCUT2D eigenvalue weighted by Gasteiger charge is -2.04. The molecule has 0 N–H and O–H groups in total. The monoisotopic (exact) mass is 438 g/mol. The first-order chi connectivity index (χ1) is 13.4. The predicted molar refractivity (Wildman–Crippen MR) is 112 cm³/mol. The number of aryl methyl sites for hydroxylation is 1. The Labute approximate surface area is 170 Å². The van der Waals surface area contributed by atoms with Crippen molar-refractivity contribution in [2.75, 3.05) is 17.8 Å². The van der Waals surface area contributed by atoms with Crippen molar-refractivity contribution in [1.29, 1.82) is 0 Å². The zero-order chi connectivity index (χ0) is 20.3. The summed E-state index contributed by atoms with van der Waals surface area (Å²) in [6.07, 6.45) is 1.98. The number of hydrogen-bond donors (Lipinski definition) is 0. The van der Waals surface area contributed by atoms with Gasteiger partial charge in [0.25, 0.3) is 5.91 Å². The molecular weight excluding hydrogens is 419 g/mol. The van der Waals surface area contributed by atoms with E-state index >= 15 is 0 Å². The molecule has 0 saturated heterocycles. The van der Waals surface area contributed by atoms with Crippen LogP contribution < -0.4 is 4.80 Å². The van der Waals surface area contributed by atoms with Crippen molar-refractivity contribution in [3.8, 4) is 0 Å². The number of sulfone groups is 1. The van der Waals surface area contributed by atoms with Crippen LogP contribution in [0.15, 0.2) is 52.4 Å². The van der Waals surface area contributed by atoms with Crippen LogP contribution in [0, 0.1) is 5.82 Å². The Kier molecular flexibility index (Phi) is 6.36. The summed E-state index contributed by atoms with van der Waals surface area (Å²) in [6.45, 7) is 2.18. The summed E-state index contributed by atoms with van der Waals surface area (Å²) in [4.78, 5) is 17.5. The van der Waals surface area contributed by atoms with E-state index in [4.69, 9.17) is 0 Å². The molecule has 0 fully saturated rings. The second kappa shape index (κ2) is 8.59. The highest BCUT2D eigenvalue weighted by molar-refractivity contribution is 7.98. The van der Waals surface area contributed by atoms with Gasteiger partial charge in [-0.25, -0.2) is 12.8 Å². The van der Waals surface area contributed by atoms with Crippen molar-refractivity contribution >= 4 is 49.1 Å². The van der Waals surface area contributed by atoms with Gasteiger partial charge in [-0.05, 0) is 42.7 Å². The average molecular weight is 439 g/mol. The topological polar surface area (TPSA) is 68.5 Å². The molecule has 0 aliphatic carbocycles. The van der Waals surface area contributed by atoms with E-state index in [0.29, 0.717) is 16.0 Å². The Morgan fingerprint density at radius 3 is 2.75 bits per heavy atom. The van der Waals surface area contributed by atoms with E-state index in [9.17, 15) is 17.6 Å². The van der Waals surface area contributed by atoms with E-state index in [1.165, 1.54) is 41.7 Å². The third-order valence-electron chi connectivity index (χ3n) is 4.18. The minimum atomic E-state index is -3.41. The summed E-state index contributed by atoms with van der Waals surface area (Å²) >= 11 is 2.89. The van der Waals surface area contributed by atoms with Crippen LogP contribution in [0.5, 0.6) is 0 Å².